The molecule has 0 aliphatic heterocycles. The van der Waals surface area contributed by atoms with E-state index >= 15 is 0 Å². The third-order valence-corrected chi connectivity index (χ3v) is 2.74. The summed E-state index contributed by atoms with van der Waals surface area (Å²) in [5, 5.41) is 0.666. The van der Waals surface area contributed by atoms with Crippen molar-refractivity contribution in [3.8, 4) is 0 Å². The van der Waals surface area contributed by atoms with Crippen LogP contribution in [0.1, 0.15) is 48.2 Å². The first-order valence-corrected chi connectivity index (χ1v) is 5.12. The van der Waals surface area contributed by atoms with Crippen LogP contribution in [0.15, 0.2) is 12.1 Å². The van der Waals surface area contributed by atoms with Crippen LogP contribution in [-0.4, -0.2) is 5.78 Å². The summed E-state index contributed by atoms with van der Waals surface area (Å²) in [5.74, 6) is 0.431. The van der Waals surface area contributed by atoms with Gasteiger partial charge in [0.15, 0.2) is 5.78 Å². The minimum atomic E-state index is 0.0793. The molecule has 0 bridgehead atoms. The molecule has 0 aromatic heterocycles. The summed E-state index contributed by atoms with van der Waals surface area (Å²) in [6.45, 7) is 7.69. The van der Waals surface area contributed by atoms with E-state index in [9.17, 15) is 4.79 Å². The molecule has 76 valence electrons. The zero-order valence-corrected chi connectivity index (χ0v) is 9.77. The van der Waals surface area contributed by atoms with E-state index in [0.717, 1.165) is 16.7 Å². The number of carbonyl (C=O) groups excluding carboxylic acids is 1. The third kappa shape index (κ3) is 2.16. The van der Waals surface area contributed by atoms with Crippen molar-refractivity contribution < 1.29 is 4.79 Å². The van der Waals surface area contributed by atoms with Gasteiger partial charge in [0.1, 0.15) is 0 Å². The van der Waals surface area contributed by atoms with Gasteiger partial charge in [-0.3, -0.25) is 4.79 Å². The number of Topliss-reactive ketones (excluding diaryl/α,β-unsaturated/α-hetero) is 1. The fourth-order valence-corrected chi connectivity index (χ4v) is 1.65. The summed E-state index contributed by atoms with van der Waals surface area (Å²) < 4.78 is 0. The molecule has 0 radical (unpaired) electrons. The first-order chi connectivity index (χ1) is 6.43. The standard InChI is InChI=1S/C12H15ClO/c1-7(2)10-5-8(3)12(13)6-11(10)9(4)14/h5-7H,1-4H3. The van der Waals surface area contributed by atoms with E-state index in [1.807, 2.05) is 13.0 Å². The second-order valence-electron chi connectivity index (χ2n) is 3.90. The van der Waals surface area contributed by atoms with Crippen LogP contribution in [0.2, 0.25) is 5.02 Å². The summed E-state index contributed by atoms with van der Waals surface area (Å²) in [4.78, 5) is 11.4. The highest BCUT2D eigenvalue weighted by Gasteiger charge is 2.12. The number of halogens is 1. The number of hydrogen-bond donors (Lipinski definition) is 0. The Morgan fingerprint density at radius 2 is 1.93 bits per heavy atom. The maximum absolute atomic E-state index is 11.4. The van der Waals surface area contributed by atoms with Gasteiger partial charge >= 0.3 is 0 Å². The first kappa shape index (κ1) is 11.3. The molecule has 1 aromatic carbocycles. The van der Waals surface area contributed by atoms with Crippen molar-refractivity contribution in [1.29, 1.82) is 0 Å². The average Bonchev–Trinajstić information content (AvgIpc) is 2.08. The van der Waals surface area contributed by atoms with Gasteiger partial charge in [0, 0.05) is 10.6 Å². The highest BCUT2D eigenvalue weighted by Crippen LogP contribution is 2.26. The van der Waals surface area contributed by atoms with E-state index in [-0.39, 0.29) is 5.78 Å². The fraction of sp³-hybridized carbons (Fsp3) is 0.417. The van der Waals surface area contributed by atoms with Crippen LogP contribution < -0.4 is 0 Å². The van der Waals surface area contributed by atoms with E-state index in [1.54, 1.807) is 13.0 Å². The number of ketones is 1. The Morgan fingerprint density at radius 1 is 1.36 bits per heavy atom. The number of carbonyl (C=O) groups is 1. The Kier molecular flexibility index (Phi) is 3.33. The zero-order chi connectivity index (χ0) is 10.9. The van der Waals surface area contributed by atoms with Crippen LogP contribution in [0.3, 0.4) is 0 Å². The number of hydrogen-bond acceptors (Lipinski definition) is 1. The van der Waals surface area contributed by atoms with Gasteiger partial charge in [-0.05, 0) is 37.0 Å². The molecule has 0 fully saturated rings. The van der Waals surface area contributed by atoms with E-state index in [1.165, 1.54) is 0 Å². The van der Waals surface area contributed by atoms with Crippen molar-refractivity contribution in [2.75, 3.05) is 0 Å². The van der Waals surface area contributed by atoms with Crippen molar-refractivity contribution in [2.24, 2.45) is 0 Å². The van der Waals surface area contributed by atoms with Gasteiger partial charge in [-0.15, -0.1) is 0 Å². The molecule has 0 aliphatic carbocycles. The van der Waals surface area contributed by atoms with Crippen molar-refractivity contribution in [2.45, 2.75) is 33.6 Å². The maximum Gasteiger partial charge on any atom is 0.160 e. The molecule has 0 aliphatic rings. The van der Waals surface area contributed by atoms with Crippen LogP contribution in [-0.2, 0) is 0 Å². The lowest BCUT2D eigenvalue weighted by Crippen LogP contribution is -2.02. The predicted molar refractivity (Wildman–Crippen MR) is 60.3 cm³/mol. The largest absolute Gasteiger partial charge is 0.294 e. The Balaban J connectivity index is 3.39. The van der Waals surface area contributed by atoms with Gasteiger partial charge in [0.25, 0.3) is 0 Å². The zero-order valence-electron chi connectivity index (χ0n) is 9.02. The monoisotopic (exact) mass is 210 g/mol. The predicted octanol–water partition coefficient (Wildman–Crippen LogP) is 3.97. The molecule has 0 saturated carbocycles. The Morgan fingerprint density at radius 3 is 2.36 bits per heavy atom. The van der Waals surface area contributed by atoms with Crippen LogP contribution >= 0.6 is 11.6 Å². The van der Waals surface area contributed by atoms with E-state index < -0.39 is 0 Å². The Hall–Kier alpha value is -0.820. The molecule has 1 nitrogen and oxygen atoms in total. The minimum Gasteiger partial charge on any atom is -0.294 e. The average molecular weight is 211 g/mol. The second-order valence-corrected chi connectivity index (χ2v) is 4.31. The number of aryl methyl sites for hydroxylation is 1. The molecule has 1 aromatic rings. The molecule has 0 heterocycles. The molecule has 14 heavy (non-hydrogen) atoms. The van der Waals surface area contributed by atoms with Gasteiger partial charge in [-0.25, -0.2) is 0 Å². The van der Waals surface area contributed by atoms with Crippen LogP contribution in [0.5, 0.6) is 0 Å². The fourth-order valence-electron chi connectivity index (χ4n) is 1.49. The summed E-state index contributed by atoms with van der Waals surface area (Å²) in [6.07, 6.45) is 0. The molecular weight excluding hydrogens is 196 g/mol. The van der Waals surface area contributed by atoms with E-state index in [0.29, 0.717) is 10.9 Å². The Bertz CT molecular complexity index is 367. The van der Waals surface area contributed by atoms with Crippen LogP contribution in [0.4, 0.5) is 0 Å². The molecule has 0 spiro atoms. The lowest BCUT2D eigenvalue weighted by Gasteiger charge is -2.12. The maximum atomic E-state index is 11.4. The van der Waals surface area contributed by atoms with Gasteiger partial charge in [-0.1, -0.05) is 31.5 Å². The number of rotatable bonds is 2. The summed E-state index contributed by atoms with van der Waals surface area (Å²) in [7, 11) is 0. The summed E-state index contributed by atoms with van der Waals surface area (Å²) in [6, 6.07) is 3.78. The quantitative estimate of drug-likeness (QED) is 0.675. The van der Waals surface area contributed by atoms with Crippen molar-refractivity contribution >= 4 is 17.4 Å². The summed E-state index contributed by atoms with van der Waals surface area (Å²) >= 11 is 5.98. The molecule has 0 N–H and O–H groups in total. The molecule has 2 heteroatoms. The van der Waals surface area contributed by atoms with E-state index in [2.05, 4.69) is 13.8 Å². The number of benzene rings is 1. The SMILES string of the molecule is CC(=O)c1cc(Cl)c(C)cc1C(C)C. The molecule has 0 atom stereocenters. The molecule has 0 unspecified atom stereocenters. The topological polar surface area (TPSA) is 17.1 Å². The van der Waals surface area contributed by atoms with Gasteiger partial charge in [-0.2, -0.15) is 0 Å². The second kappa shape index (κ2) is 4.14. The Labute approximate surface area is 90.1 Å². The van der Waals surface area contributed by atoms with Crippen molar-refractivity contribution in [3.63, 3.8) is 0 Å². The van der Waals surface area contributed by atoms with Gasteiger partial charge < -0.3 is 0 Å². The lowest BCUT2D eigenvalue weighted by molar-refractivity contribution is 0.101. The molecule has 0 saturated heterocycles. The third-order valence-electron chi connectivity index (χ3n) is 2.33. The first-order valence-electron chi connectivity index (χ1n) is 4.74. The minimum absolute atomic E-state index is 0.0793. The van der Waals surface area contributed by atoms with Crippen molar-refractivity contribution in [3.05, 3.63) is 33.8 Å². The lowest BCUT2D eigenvalue weighted by atomic mass is 9.93. The van der Waals surface area contributed by atoms with E-state index in [4.69, 9.17) is 11.6 Å². The molecular formula is C12H15ClO. The van der Waals surface area contributed by atoms with Crippen LogP contribution in [0, 0.1) is 6.92 Å². The van der Waals surface area contributed by atoms with Gasteiger partial charge in [0.05, 0.1) is 0 Å². The molecule has 1 rings (SSSR count). The normalized spacial score (nSPS) is 10.7. The smallest absolute Gasteiger partial charge is 0.160 e. The van der Waals surface area contributed by atoms with Gasteiger partial charge in [0.2, 0.25) is 0 Å². The summed E-state index contributed by atoms with van der Waals surface area (Å²) in [5.41, 5.74) is 2.86. The van der Waals surface area contributed by atoms with Crippen LogP contribution in [0.25, 0.3) is 0 Å². The molecule has 0 amide bonds. The highest BCUT2D eigenvalue weighted by molar-refractivity contribution is 6.31. The van der Waals surface area contributed by atoms with Crippen molar-refractivity contribution in [1.82, 2.24) is 0 Å². The highest BCUT2D eigenvalue weighted by atomic mass is 35.5.